The molecule has 0 saturated carbocycles. The van der Waals surface area contributed by atoms with E-state index in [-0.39, 0.29) is 13.0 Å². The van der Waals surface area contributed by atoms with Crippen LogP contribution in [0.1, 0.15) is 6.42 Å². The van der Waals surface area contributed by atoms with Gasteiger partial charge >= 0.3 is 16.7 Å². The van der Waals surface area contributed by atoms with Gasteiger partial charge in [0.1, 0.15) is 0 Å². The molecule has 0 aliphatic carbocycles. The van der Waals surface area contributed by atoms with Crippen molar-refractivity contribution in [2.24, 2.45) is 0 Å². The summed E-state index contributed by atoms with van der Waals surface area (Å²) in [5, 5.41) is 0. The van der Waals surface area contributed by atoms with Crippen LogP contribution in [0.15, 0.2) is 0 Å². The molecule has 0 amide bonds. The molecule has 0 saturated heterocycles. The molecule has 0 radical (unpaired) electrons. The van der Waals surface area contributed by atoms with Crippen LogP contribution in [0.2, 0.25) is 6.04 Å². The van der Waals surface area contributed by atoms with E-state index in [2.05, 4.69) is 9.05 Å². The minimum Gasteiger partial charge on any atom is -0.312 e. The van der Waals surface area contributed by atoms with Crippen molar-refractivity contribution in [3.05, 3.63) is 0 Å². The smallest absolute Gasteiger partial charge is 0.312 e. The van der Waals surface area contributed by atoms with E-state index >= 15 is 0 Å². The molecule has 0 aromatic heterocycles. The van der Waals surface area contributed by atoms with Crippen LogP contribution in [-0.2, 0) is 13.6 Å². The van der Waals surface area contributed by atoms with Gasteiger partial charge in [0.05, 0.1) is 6.61 Å². The van der Waals surface area contributed by atoms with E-state index in [1.165, 1.54) is 13.8 Å². The van der Waals surface area contributed by atoms with E-state index in [1.54, 1.807) is 0 Å². The van der Waals surface area contributed by atoms with Crippen molar-refractivity contribution in [2.75, 3.05) is 20.4 Å². The van der Waals surface area contributed by atoms with Gasteiger partial charge in [-0.05, 0) is 6.42 Å². The van der Waals surface area contributed by atoms with Gasteiger partial charge in [0.15, 0.2) is 0 Å². The SMILES string of the molecule is COP(C)(=O)OCCC[Si](F)(F)F. The van der Waals surface area contributed by atoms with Crippen LogP contribution >= 0.6 is 7.60 Å². The average molecular weight is 236 g/mol. The van der Waals surface area contributed by atoms with E-state index < -0.39 is 22.7 Å². The largest absolute Gasteiger partial charge is 0.616 e. The van der Waals surface area contributed by atoms with Crippen LogP contribution in [0.25, 0.3) is 0 Å². The molecule has 0 heterocycles. The van der Waals surface area contributed by atoms with Crippen molar-refractivity contribution in [2.45, 2.75) is 12.5 Å². The third-order valence-electron chi connectivity index (χ3n) is 1.26. The molecule has 0 aliphatic rings. The van der Waals surface area contributed by atoms with Gasteiger partial charge in [0.25, 0.3) is 0 Å². The van der Waals surface area contributed by atoms with E-state index in [0.717, 1.165) is 0 Å². The number of halogens is 3. The third-order valence-corrected chi connectivity index (χ3v) is 3.50. The van der Waals surface area contributed by atoms with Gasteiger partial charge < -0.3 is 9.05 Å². The Morgan fingerprint density at radius 3 is 2.31 bits per heavy atom. The zero-order valence-corrected chi connectivity index (χ0v) is 9.32. The van der Waals surface area contributed by atoms with Crippen LogP contribution in [0, 0.1) is 0 Å². The first-order valence-electron chi connectivity index (χ1n) is 3.61. The van der Waals surface area contributed by atoms with Crippen LogP contribution in [-0.4, -0.2) is 29.5 Å². The molecule has 3 nitrogen and oxygen atoms in total. The molecule has 1 unspecified atom stereocenters. The lowest BCUT2D eigenvalue weighted by Gasteiger charge is -2.10. The van der Waals surface area contributed by atoms with E-state index in [0.29, 0.717) is 0 Å². The second-order valence-corrected chi connectivity index (χ2v) is 6.40. The molecule has 0 fully saturated rings. The molecule has 13 heavy (non-hydrogen) atoms. The average Bonchev–Trinajstić information content (AvgIpc) is 1.97. The first kappa shape index (κ1) is 13.2. The third kappa shape index (κ3) is 8.49. The summed E-state index contributed by atoms with van der Waals surface area (Å²) in [4.78, 5) is 0. The van der Waals surface area contributed by atoms with Gasteiger partial charge in [-0.1, -0.05) is 0 Å². The Bertz CT molecular complexity index is 196. The minimum atomic E-state index is -5.47. The lowest BCUT2D eigenvalue weighted by atomic mass is 10.5. The fourth-order valence-corrected chi connectivity index (χ4v) is 1.67. The predicted molar refractivity (Wildman–Crippen MR) is 45.0 cm³/mol. The molecule has 8 heteroatoms. The highest BCUT2D eigenvalue weighted by molar-refractivity contribution is 7.52. The number of hydrogen-bond acceptors (Lipinski definition) is 3. The number of hydrogen-bond donors (Lipinski definition) is 0. The Morgan fingerprint density at radius 2 is 1.92 bits per heavy atom. The van der Waals surface area contributed by atoms with Crippen molar-refractivity contribution in [3.8, 4) is 0 Å². The maximum absolute atomic E-state index is 11.7. The standard InChI is InChI=1S/C5H12F3O3PSi/c1-10-12(2,9)11-4-3-5-13(6,7)8/h3-5H2,1-2H3. The van der Waals surface area contributed by atoms with Gasteiger partial charge in [-0.3, -0.25) is 4.57 Å². The Labute approximate surface area is 76.3 Å². The Balaban J connectivity index is 3.53. The van der Waals surface area contributed by atoms with Crippen molar-refractivity contribution in [1.29, 1.82) is 0 Å². The molecule has 0 spiro atoms. The Kier molecular flexibility index (Phi) is 5.20. The van der Waals surface area contributed by atoms with E-state index in [1.807, 2.05) is 0 Å². The zero-order valence-electron chi connectivity index (χ0n) is 7.43. The summed E-state index contributed by atoms with van der Waals surface area (Å²) in [6.07, 6.45) is -0.142. The van der Waals surface area contributed by atoms with Gasteiger partial charge in [-0.25, -0.2) is 12.3 Å². The maximum Gasteiger partial charge on any atom is 0.616 e. The maximum atomic E-state index is 11.7. The van der Waals surface area contributed by atoms with Crippen LogP contribution in [0.5, 0.6) is 0 Å². The second-order valence-electron chi connectivity index (χ2n) is 2.51. The van der Waals surface area contributed by atoms with E-state index in [4.69, 9.17) is 0 Å². The Morgan fingerprint density at radius 1 is 1.38 bits per heavy atom. The molecular weight excluding hydrogens is 224 g/mol. The summed E-state index contributed by atoms with van der Waals surface area (Å²) < 4.78 is 55.3. The molecule has 0 aliphatic heterocycles. The van der Waals surface area contributed by atoms with Gasteiger partial charge in [0, 0.05) is 19.8 Å². The van der Waals surface area contributed by atoms with Crippen molar-refractivity contribution >= 4 is 16.7 Å². The molecule has 0 bridgehead atoms. The molecule has 0 N–H and O–H groups in total. The fraction of sp³-hybridized carbons (Fsp3) is 1.00. The first-order valence-corrected chi connectivity index (χ1v) is 7.44. The Hall–Kier alpha value is 0.157. The first-order chi connectivity index (χ1) is 5.77. The van der Waals surface area contributed by atoms with E-state index in [9.17, 15) is 16.9 Å². The van der Waals surface area contributed by atoms with Gasteiger partial charge in [-0.2, -0.15) is 0 Å². The van der Waals surface area contributed by atoms with Crippen molar-refractivity contribution < 1.29 is 25.9 Å². The lowest BCUT2D eigenvalue weighted by Crippen LogP contribution is -2.14. The minimum absolute atomic E-state index is 0.142. The van der Waals surface area contributed by atoms with Crippen LogP contribution in [0.3, 0.4) is 0 Å². The summed E-state index contributed by atoms with van der Waals surface area (Å²) in [6.45, 7) is 1.05. The van der Waals surface area contributed by atoms with Gasteiger partial charge in [0.2, 0.25) is 0 Å². The highest BCUT2D eigenvalue weighted by Gasteiger charge is 2.35. The monoisotopic (exact) mass is 236 g/mol. The zero-order chi connectivity index (χ0) is 10.5. The molecule has 0 rings (SSSR count). The van der Waals surface area contributed by atoms with Crippen molar-refractivity contribution in [3.63, 3.8) is 0 Å². The summed E-state index contributed by atoms with van der Waals surface area (Å²) >= 11 is 0. The molecule has 80 valence electrons. The summed E-state index contributed by atoms with van der Waals surface area (Å²) in [5.41, 5.74) is 0. The predicted octanol–water partition coefficient (Wildman–Crippen LogP) is 2.71. The van der Waals surface area contributed by atoms with Gasteiger partial charge in [-0.15, -0.1) is 0 Å². The summed E-state index contributed by atoms with van der Waals surface area (Å²) in [7, 11) is -7.39. The van der Waals surface area contributed by atoms with Crippen LogP contribution < -0.4 is 0 Å². The lowest BCUT2D eigenvalue weighted by molar-refractivity contribution is 0.236. The highest BCUT2D eigenvalue weighted by atomic mass is 31.2. The topological polar surface area (TPSA) is 35.5 Å². The highest BCUT2D eigenvalue weighted by Crippen LogP contribution is 2.42. The van der Waals surface area contributed by atoms with Crippen molar-refractivity contribution in [1.82, 2.24) is 0 Å². The summed E-state index contributed by atoms with van der Waals surface area (Å²) in [6, 6.07) is -0.795. The molecule has 1 atom stereocenters. The molecule has 0 aromatic carbocycles. The van der Waals surface area contributed by atoms with Crippen LogP contribution in [0.4, 0.5) is 12.3 Å². The molecular formula is C5H12F3O3PSi. The second kappa shape index (κ2) is 5.14. The summed E-state index contributed by atoms with van der Waals surface area (Å²) in [5.74, 6) is 0. The quantitative estimate of drug-likeness (QED) is 0.308. The number of rotatable bonds is 6. The normalized spacial score (nSPS) is 17.0. The molecule has 0 aromatic rings. The fourth-order valence-electron chi connectivity index (χ4n) is 0.556.